The lowest BCUT2D eigenvalue weighted by atomic mass is 10.2. The number of aryl methyl sites for hydroxylation is 2. The molecule has 8 nitrogen and oxygen atoms in total. The van der Waals surface area contributed by atoms with Gasteiger partial charge in [-0.25, -0.2) is 9.07 Å². The van der Waals surface area contributed by atoms with Crippen LogP contribution in [0.3, 0.4) is 0 Å². The number of carbonyl (C=O) groups excluding carboxylic acids is 1. The molecule has 0 radical (unpaired) electrons. The SMILES string of the molecule is Cc1nn(CCC#N)c(=O)c2c(O)c3n(c12)CCN(Cc1ccc(F)cc1)C3=O. The van der Waals surface area contributed by atoms with Gasteiger partial charge in [-0.3, -0.25) is 9.59 Å². The number of nitrogens with zero attached hydrogens (tertiary/aromatic N) is 5. The standard InChI is InChI=1S/C20H18FN5O3/c1-12-16-15(19(28)26(23-12)8-2-7-22)18(27)17-20(29)24(9-10-25(16)17)11-13-3-5-14(21)6-4-13/h3-6,27H,2,8-11H2,1H3. The van der Waals surface area contributed by atoms with Crippen LogP contribution < -0.4 is 5.56 Å². The summed E-state index contributed by atoms with van der Waals surface area (Å²) in [6.07, 6.45) is 0.108. The van der Waals surface area contributed by atoms with E-state index < -0.39 is 11.5 Å². The molecule has 1 aliphatic rings. The van der Waals surface area contributed by atoms with Gasteiger partial charge in [-0.05, 0) is 24.6 Å². The number of aromatic hydroxyl groups is 1. The zero-order chi connectivity index (χ0) is 20.7. The summed E-state index contributed by atoms with van der Waals surface area (Å²) in [6, 6.07) is 7.83. The maximum absolute atomic E-state index is 13.1. The Bertz CT molecular complexity index is 1220. The number of hydrogen-bond acceptors (Lipinski definition) is 5. The highest BCUT2D eigenvalue weighted by molar-refractivity contribution is 6.04. The van der Waals surface area contributed by atoms with Crippen LogP contribution in [0.4, 0.5) is 4.39 Å². The lowest BCUT2D eigenvalue weighted by molar-refractivity contribution is 0.0689. The van der Waals surface area contributed by atoms with Crippen LogP contribution in [0, 0.1) is 24.1 Å². The van der Waals surface area contributed by atoms with Crippen molar-refractivity contribution < 1.29 is 14.3 Å². The fourth-order valence-electron chi connectivity index (χ4n) is 3.77. The Balaban J connectivity index is 1.78. The lowest BCUT2D eigenvalue weighted by Gasteiger charge is -2.29. The zero-order valence-electron chi connectivity index (χ0n) is 15.7. The second kappa shape index (κ2) is 7.05. The van der Waals surface area contributed by atoms with Gasteiger partial charge in [0, 0.05) is 19.6 Å². The van der Waals surface area contributed by atoms with Crippen LogP contribution >= 0.6 is 0 Å². The van der Waals surface area contributed by atoms with Gasteiger partial charge in [0.2, 0.25) is 0 Å². The Labute approximate surface area is 165 Å². The first-order valence-corrected chi connectivity index (χ1v) is 9.16. The number of carbonyl (C=O) groups is 1. The highest BCUT2D eigenvalue weighted by Crippen LogP contribution is 2.34. The summed E-state index contributed by atoms with van der Waals surface area (Å²) in [5.74, 6) is -1.13. The molecule has 0 saturated carbocycles. The fourth-order valence-corrected chi connectivity index (χ4v) is 3.77. The molecule has 4 rings (SSSR count). The summed E-state index contributed by atoms with van der Waals surface area (Å²) < 4.78 is 15.9. The molecule has 3 aromatic rings. The molecule has 0 aliphatic carbocycles. The number of rotatable bonds is 4. The maximum Gasteiger partial charge on any atom is 0.280 e. The van der Waals surface area contributed by atoms with Gasteiger partial charge in [0.25, 0.3) is 11.5 Å². The minimum Gasteiger partial charge on any atom is -0.505 e. The molecule has 0 atom stereocenters. The van der Waals surface area contributed by atoms with Gasteiger partial charge >= 0.3 is 0 Å². The van der Waals surface area contributed by atoms with Gasteiger partial charge < -0.3 is 14.6 Å². The summed E-state index contributed by atoms with van der Waals surface area (Å²) in [7, 11) is 0. The first-order valence-electron chi connectivity index (χ1n) is 9.16. The maximum atomic E-state index is 13.1. The summed E-state index contributed by atoms with van der Waals surface area (Å²) in [4.78, 5) is 27.4. The minimum absolute atomic E-state index is 0.0439. The van der Waals surface area contributed by atoms with E-state index in [-0.39, 0.29) is 42.2 Å². The molecule has 148 valence electrons. The summed E-state index contributed by atoms with van der Waals surface area (Å²) in [6.45, 7) is 2.85. The van der Waals surface area contributed by atoms with Crippen molar-refractivity contribution in [3.05, 3.63) is 57.4 Å². The van der Waals surface area contributed by atoms with Gasteiger partial charge in [0.05, 0.1) is 30.2 Å². The van der Waals surface area contributed by atoms with Gasteiger partial charge in [-0.15, -0.1) is 0 Å². The van der Waals surface area contributed by atoms with E-state index in [9.17, 15) is 19.1 Å². The molecule has 1 aromatic carbocycles. The largest absolute Gasteiger partial charge is 0.505 e. The lowest BCUT2D eigenvalue weighted by Crippen LogP contribution is -2.39. The fraction of sp³-hybridized carbons (Fsp3) is 0.300. The number of aromatic nitrogens is 3. The molecule has 0 fully saturated rings. The topological polar surface area (TPSA) is 104 Å². The number of benzene rings is 1. The Hall–Kier alpha value is -3.67. The Kier molecular flexibility index (Phi) is 4.54. The van der Waals surface area contributed by atoms with E-state index in [2.05, 4.69) is 5.10 Å². The molecule has 0 spiro atoms. The predicted octanol–water partition coefficient (Wildman–Crippen LogP) is 1.92. The van der Waals surface area contributed by atoms with Crippen molar-refractivity contribution in [2.24, 2.45) is 0 Å². The third kappa shape index (κ3) is 3.02. The van der Waals surface area contributed by atoms with Crippen molar-refractivity contribution in [1.29, 1.82) is 5.26 Å². The second-order valence-corrected chi connectivity index (χ2v) is 6.95. The van der Waals surface area contributed by atoms with Crippen molar-refractivity contribution in [3.63, 3.8) is 0 Å². The van der Waals surface area contributed by atoms with Gasteiger partial charge in [0.15, 0.2) is 11.4 Å². The minimum atomic E-state index is -0.530. The molecule has 1 N–H and O–H groups in total. The van der Waals surface area contributed by atoms with Crippen LogP contribution in [0.15, 0.2) is 29.1 Å². The highest BCUT2D eigenvalue weighted by Gasteiger charge is 2.33. The van der Waals surface area contributed by atoms with E-state index in [0.29, 0.717) is 24.3 Å². The molecule has 1 amide bonds. The smallest absolute Gasteiger partial charge is 0.280 e. The van der Waals surface area contributed by atoms with E-state index >= 15 is 0 Å². The van der Waals surface area contributed by atoms with Crippen molar-refractivity contribution in [2.45, 2.75) is 33.0 Å². The summed E-state index contributed by atoms with van der Waals surface area (Å²) >= 11 is 0. The van der Waals surface area contributed by atoms with Crippen LogP contribution in [0.2, 0.25) is 0 Å². The van der Waals surface area contributed by atoms with E-state index in [1.54, 1.807) is 28.5 Å². The van der Waals surface area contributed by atoms with Crippen LogP contribution in [0.1, 0.15) is 28.2 Å². The molecule has 29 heavy (non-hydrogen) atoms. The molecule has 1 aliphatic heterocycles. The van der Waals surface area contributed by atoms with Crippen molar-refractivity contribution in [3.8, 4) is 11.8 Å². The van der Waals surface area contributed by atoms with Crippen molar-refractivity contribution in [2.75, 3.05) is 6.54 Å². The molecule has 9 heteroatoms. The van der Waals surface area contributed by atoms with Gasteiger partial charge in [0.1, 0.15) is 11.2 Å². The number of fused-ring (bicyclic) bond motifs is 3. The molecular formula is C20H18FN5O3. The third-order valence-electron chi connectivity index (χ3n) is 5.10. The van der Waals surface area contributed by atoms with Crippen LogP contribution in [0.25, 0.3) is 10.9 Å². The number of halogens is 1. The predicted molar refractivity (Wildman–Crippen MR) is 102 cm³/mol. The highest BCUT2D eigenvalue weighted by atomic mass is 19.1. The third-order valence-corrected chi connectivity index (χ3v) is 5.10. The van der Waals surface area contributed by atoms with E-state index in [0.717, 1.165) is 10.2 Å². The Morgan fingerprint density at radius 2 is 1.97 bits per heavy atom. The van der Waals surface area contributed by atoms with Crippen LogP contribution in [0.5, 0.6) is 5.75 Å². The molecule has 0 bridgehead atoms. The average molecular weight is 395 g/mol. The zero-order valence-corrected chi connectivity index (χ0v) is 15.7. The summed E-state index contributed by atoms with van der Waals surface area (Å²) in [5.41, 5.74) is 1.22. The molecule has 0 unspecified atom stereocenters. The number of hydrogen-bond donors (Lipinski definition) is 1. The van der Waals surface area contributed by atoms with Crippen LogP contribution in [-0.2, 0) is 19.6 Å². The van der Waals surface area contributed by atoms with E-state index in [4.69, 9.17) is 5.26 Å². The molecule has 3 heterocycles. The first-order chi connectivity index (χ1) is 13.9. The van der Waals surface area contributed by atoms with E-state index in [1.807, 2.05) is 6.07 Å². The molecule has 0 saturated heterocycles. The van der Waals surface area contributed by atoms with E-state index in [1.165, 1.54) is 12.1 Å². The van der Waals surface area contributed by atoms with Crippen molar-refractivity contribution >= 4 is 16.8 Å². The number of nitriles is 1. The monoisotopic (exact) mass is 395 g/mol. The number of amides is 1. The van der Waals surface area contributed by atoms with Crippen molar-refractivity contribution in [1.82, 2.24) is 19.2 Å². The average Bonchev–Trinajstić information content (AvgIpc) is 3.01. The normalized spacial score (nSPS) is 13.6. The Morgan fingerprint density at radius 1 is 1.24 bits per heavy atom. The summed E-state index contributed by atoms with van der Waals surface area (Å²) in [5, 5.41) is 23.8. The van der Waals surface area contributed by atoms with Gasteiger partial charge in [-0.1, -0.05) is 12.1 Å². The quantitative estimate of drug-likeness (QED) is 0.727. The second-order valence-electron chi connectivity index (χ2n) is 6.95. The Morgan fingerprint density at radius 3 is 2.66 bits per heavy atom. The molecular weight excluding hydrogens is 377 g/mol. The molecule has 2 aromatic heterocycles. The van der Waals surface area contributed by atoms with Crippen LogP contribution in [-0.4, -0.2) is 36.8 Å². The first kappa shape index (κ1) is 18.7. The van der Waals surface area contributed by atoms with Gasteiger partial charge in [-0.2, -0.15) is 10.4 Å².